The van der Waals surface area contributed by atoms with Crippen LogP contribution < -0.4 is 21.5 Å². The summed E-state index contributed by atoms with van der Waals surface area (Å²) in [6.45, 7) is 1.57. The summed E-state index contributed by atoms with van der Waals surface area (Å²) in [7, 11) is 4.66. The highest BCUT2D eigenvalue weighted by molar-refractivity contribution is 6.31. The number of benzene rings is 1. The third kappa shape index (κ3) is 4.19. The van der Waals surface area contributed by atoms with E-state index in [1.54, 1.807) is 20.2 Å². The average Bonchev–Trinajstić information content (AvgIpc) is 3.11. The van der Waals surface area contributed by atoms with Crippen LogP contribution in [-0.4, -0.2) is 51.1 Å². The number of nitrogens with zero attached hydrogens (tertiary/aromatic N) is 4. The van der Waals surface area contributed by atoms with Gasteiger partial charge in [-0.15, -0.1) is 0 Å². The number of rotatable bonds is 6. The Hall–Kier alpha value is -3.24. The highest BCUT2D eigenvalue weighted by Crippen LogP contribution is 2.34. The predicted molar refractivity (Wildman–Crippen MR) is 130 cm³/mol. The van der Waals surface area contributed by atoms with Gasteiger partial charge in [-0.2, -0.15) is 0 Å². The van der Waals surface area contributed by atoms with Gasteiger partial charge >= 0.3 is 11.8 Å². The lowest BCUT2D eigenvalue weighted by Crippen LogP contribution is -2.48. The van der Waals surface area contributed by atoms with Crippen LogP contribution in [0, 0.1) is 0 Å². The van der Waals surface area contributed by atoms with Crippen LogP contribution in [0.2, 0.25) is 5.02 Å². The molecule has 1 saturated heterocycles. The molecule has 1 atom stereocenters. The average molecular weight is 490 g/mol. The zero-order valence-electron chi connectivity index (χ0n) is 19.4. The zero-order valence-corrected chi connectivity index (χ0v) is 20.1. The maximum Gasteiger partial charge on any atom is 0.404 e. The van der Waals surface area contributed by atoms with Crippen LogP contribution >= 0.6 is 11.6 Å². The first-order valence-electron chi connectivity index (χ1n) is 11.0. The number of piperidine rings is 1. The fourth-order valence-corrected chi connectivity index (χ4v) is 5.04. The number of halogens is 1. The number of hydrogen-bond acceptors (Lipinski definition) is 5. The van der Waals surface area contributed by atoms with E-state index in [1.807, 2.05) is 22.8 Å². The Morgan fingerprint density at radius 2 is 1.94 bits per heavy atom. The summed E-state index contributed by atoms with van der Waals surface area (Å²) < 4.78 is 9.96. The third-order valence-electron chi connectivity index (χ3n) is 6.35. The molecular weight excluding hydrogens is 462 g/mol. The topological polar surface area (TPSA) is 111 Å². The maximum atomic E-state index is 13.4. The lowest BCUT2D eigenvalue weighted by Gasteiger charge is -2.35. The van der Waals surface area contributed by atoms with Gasteiger partial charge < -0.3 is 24.6 Å². The molecule has 0 radical (unpaired) electrons. The van der Waals surface area contributed by atoms with Crippen molar-refractivity contribution in [3.63, 3.8) is 0 Å². The van der Waals surface area contributed by atoms with Crippen LogP contribution in [0.4, 0.5) is 10.6 Å². The summed E-state index contributed by atoms with van der Waals surface area (Å²) in [6, 6.07) is 7.14. The highest BCUT2D eigenvalue weighted by atomic mass is 35.5. The Balaban J connectivity index is 2.01. The first-order valence-corrected chi connectivity index (χ1v) is 11.4. The molecule has 1 amide bonds. The number of anilines is 1. The van der Waals surface area contributed by atoms with Crippen molar-refractivity contribution in [2.75, 3.05) is 25.1 Å². The number of amides is 1. The van der Waals surface area contributed by atoms with Gasteiger partial charge in [-0.05, 0) is 24.5 Å². The Kier molecular flexibility index (Phi) is 6.72. The second kappa shape index (κ2) is 9.55. The number of nitrogens with one attached hydrogen (secondary N) is 1. The number of methoxy groups -OCH3 is 1. The number of ether oxygens (including phenoxy) is 1. The first kappa shape index (κ1) is 23.9. The Morgan fingerprint density at radius 3 is 2.62 bits per heavy atom. The minimum absolute atomic E-state index is 0.176. The number of aryl methyl sites for hydroxylation is 1. The fourth-order valence-electron chi connectivity index (χ4n) is 4.84. The molecule has 0 aliphatic carbocycles. The Morgan fingerprint density at radius 1 is 1.21 bits per heavy atom. The van der Waals surface area contributed by atoms with Crippen molar-refractivity contribution >= 4 is 34.5 Å². The maximum absolute atomic E-state index is 13.4. The largest absolute Gasteiger partial charge is 0.465 e. The molecule has 1 aliphatic rings. The van der Waals surface area contributed by atoms with Gasteiger partial charge in [0.15, 0.2) is 0 Å². The SMILES string of the molecule is COCc1c(N2CCC[C@@H](NC(=O)O)C2)n(Cc2ccccc2Cl)c2c(=O)n(C)c(=O)n(C)c12. The molecule has 1 aromatic carbocycles. The van der Waals surface area contributed by atoms with Crippen LogP contribution in [0.5, 0.6) is 0 Å². The van der Waals surface area contributed by atoms with E-state index in [-0.39, 0.29) is 12.6 Å². The minimum atomic E-state index is -1.07. The molecule has 11 heteroatoms. The standard InChI is InChI=1S/C23H28ClN5O5/c1-26-18-16(13-34-3)20(28-10-6-8-15(12-28)25-22(31)32)29(11-14-7-4-5-9-17(14)24)19(18)21(30)27(2)23(26)33/h4-5,7,9,15,25H,6,8,10-13H2,1-3H3,(H,31,32)/t15-/m1/s1. The first-order chi connectivity index (χ1) is 16.2. The third-order valence-corrected chi connectivity index (χ3v) is 6.71. The number of fused-ring (bicyclic) bond motifs is 1. The Bertz CT molecular complexity index is 1360. The molecular formula is C23H28ClN5O5. The molecule has 1 aliphatic heterocycles. The zero-order chi connectivity index (χ0) is 24.6. The molecule has 4 rings (SSSR count). The van der Waals surface area contributed by atoms with E-state index in [2.05, 4.69) is 10.2 Å². The molecule has 0 saturated carbocycles. The molecule has 0 spiro atoms. The normalized spacial score (nSPS) is 16.2. The smallest absolute Gasteiger partial charge is 0.404 e. The summed E-state index contributed by atoms with van der Waals surface area (Å²) in [5, 5.41) is 12.4. The summed E-state index contributed by atoms with van der Waals surface area (Å²) in [5.41, 5.74) is 1.56. The van der Waals surface area contributed by atoms with Gasteiger partial charge in [0.25, 0.3) is 5.56 Å². The van der Waals surface area contributed by atoms with Gasteiger partial charge in [0.1, 0.15) is 11.3 Å². The highest BCUT2D eigenvalue weighted by Gasteiger charge is 2.30. The van der Waals surface area contributed by atoms with Gasteiger partial charge in [-0.25, -0.2) is 9.59 Å². The summed E-state index contributed by atoms with van der Waals surface area (Å²) in [4.78, 5) is 39.6. The predicted octanol–water partition coefficient (Wildman–Crippen LogP) is 2.12. The van der Waals surface area contributed by atoms with E-state index in [0.717, 1.165) is 22.4 Å². The molecule has 1 fully saturated rings. The van der Waals surface area contributed by atoms with Gasteiger partial charge in [-0.1, -0.05) is 29.8 Å². The summed E-state index contributed by atoms with van der Waals surface area (Å²) in [6.07, 6.45) is 0.409. The van der Waals surface area contributed by atoms with Gasteiger partial charge in [-0.3, -0.25) is 13.9 Å². The van der Waals surface area contributed by atoms with Gasteiger partial charge in [0.05, 0.1) is 18.7 Å². The van der Waals surface area contributed by atoms with Crippen LogP contribution in [-0.2, 0) is 32.0 Å². The second-order valence-electron chi connectivity index (χ2n) is 8.55. The van der Waals surface area contributed by atoms with Crippen molar-refractivity contribution in [2.24, 2.45) is 14.1 Å². The number of carboxylic acid groups (broad SMARTS) is 1. The van der Waals surface area contributed by atoms with E-state index >= 15 is 0 Å². The van der Waals surface area contributed by atoms with Gasteiger partial charge in [0, 0.05) is 50.9 Å². The molecule has 2 aromatic heterocycles. The molecule has 3 aromatic rings. The van der Waals surface area contributed by atoms with Crippen LogP contribution in [0.1, 0.15) is 24.0 Å². The quantitative estimate of drug-likeness (QED) is 0.548. The molecule has 34 heavy (non-hydrogen) atoms. The van der Waals surface area contributed by atoms with E-state index in [1.165, 1.54) is 11.6 Å². The molecule has 3 heterocycles. The van der Waals surface area contributed by atoms with E-state index in [9.17, 15) is 19.5 Å². The lowest BCUT2D eigenvalue weighted by atomic mass is 10.1. The van der Waals surface area contributed by atoms with Crippen molar-refractivity contribution in [1.29, 1.82) is 0 Å². The van der Waals surface area contributed by atoms with Crippen molar-refractivity contribution < 1.29 is 14.6 Å². The number of carbonyl (C=O) groups is 1. The summed E-state index contributed by atoms with van der Waals surface area (Å²) >= 11 is 6.47. The van der Waals surface area contributed by atoms with Crippen molar-refractivity contribution in [3.05, 3.63) is 61.3 Å². The lowest BCUT2D eigenvalue weighted by molar-refractivity contribution is 0.184. The van der Waals surface area contributed by atoms with Crippen molar-refractivity contribution in [3.8, 4) is 0 Å². The Labute approximate surface area is 200 Å². The molecule has 0 unspecified atom stereocenters. The van der Waals surface area contributed by atoms with Crippen LogP contribution in [0.3, 0.4) is 0 Å². The van der Waals surface area contributed by atoms with Crippen molar-refractivity contribution in [2.45, 2.75) is 32.0 Å². The monoisotopic (exact) mass is 489 g/mol. The second-order valence-corrected chi connectivity index (χ2v) is 8.96. The number of hydrogen-bond donors (Lipinski definition) is 2. The van der Waals surface area contributed by atoms with Crippen molar-refractivity contribution in [1.82, 2.24) is 19.0 Å². The van der Waals surface area contributed by atoms with E-state index < -0.39 is 17.3 Å². The van der Waals surface area contributed by atoms with E-state index in [4.69, 9.17) is 16.3 Å². The molecule has 182 valence electrons. The van der Waals surface area contributed by atoms with Crippen LogP contribution in [0.25, 0.3) is 11.0 Å². The molecule has 2 N–H and O–H groups in total. The minimum Gasteiger partial charge on any atom is -0.465 e. The van der Waals surface area contributed by atoms with Crippen LogP contribution in [0.15, 0.2) is 33.9 Å². The molecule has 10 nitrogen and oxygen atoms in total. The fraction of sp³-hybridized carbons (Fsp3) is 0.435. The van der Waals surface area contributed by atoms with E-state index in [0.29, 0.717) is 47.7 Å². The number of aromatic nitrogens is 3. The molecule has 0 bridgehead atoms. The summed E-state index contributed by atoms with van der Waals surface area (Å²) in [5.74, 6) is 0.729. The van der Waals surface area contributed by atoms with Gasteiger partial charge in [0.2, 0.25) is 0 Å².